The first-order chi connectivity index (χ1) is 10.2. The van der Waals surface area contributed by atoms with Crippen molar-refractivity contribution >= 4 is 11.9 Å². The molecule has 2 aliphatic rings. The van der Waals surface area contributed by atoms with Crippen LogP contribution in [0.3, 0.4) is 0 Å². The van der Waals surface area contributed by atoms with Crippen molar-refractivity contribution in [3.05, 3.63) is 24.2 Å². The maximum Gasteiger partial charge on any atom is 0.306 e. The Labute approximate surface area is 124 Å². The zero-order chi connectivity index (χ0) is 14.7. The molecule has 0 aliphatic heterocycles. The van der Waals surface area contributed by atoms with Gasteiger partial charge in [0.15, 0.2) is 6.61 Å². The minimum absolute atomic E-state index is 0.208. The van der Waals surface area contributed by atoms with Gasteiger partial charge in [0.2, 0.25) is 0 Å². The Morgan fingerprint density at radius 3 is 2.90 bits per heavy atom. The quantitative estimate of drug-likeness (QED) is 0.816. The Morgan fingerprint density at radius 2 is 2.24 bits per heavy atom. The summed E-state index contributed by atoms with van der Waals surface area (Å²) < 4.78 is 10.2. The highest BCUT2D eigenvalue weighted by molar-refractivity contribution is 5.80. The molecule has 3 atom stereocenters. The number of rotatable bonds is 6. The minimum Gasteiger partial charge on any atom is -0.467 e. The Morgan fingerprint density at radius 1 is 1.33 bits per heavy atom. The van der Waals surface area contributed by atoms with Crippen LogP contribution in [0, 0.1) is 17.8 Å². The van der Waals surface area contributed by atoms with Crippen LogP contribution >= 0.6 is 0 Å². The van der Waals surface area contributed by atoms with Crippen molar-refractivity contribution in [2.45, 2.75) is 38.6 Å². The molecule has 1 aromatic rings. The Hall–Kier alpha value is -1.78. The van der Waals surface area contributed by atoms with Crippen LogP contribution in [-0.2, 0) is 20.9 Å². The van der Waals surface area contributed by atoms with Gasteiger partial charge in [-0.3, -0.25) is 9.59 Å². The van der Waals surface area contributed by atoms with Gasteiger partial charge in [-0.05, 0) is 49.1 Å². The van der Waals surface area contributed by atoms with Gasteiger partial charge >= 0.3 is 5.97 Å². The number of nitrogens with one attached hydrogen (secondary N) is 1. The lowest BCUT2D eigenvalue weighted by Crippen LogP contribution is -2.28. The maximum atomic E-state index is 11.8. The summed E-state index contributed by atoms with van der Waals surface area (Å²) in [4.78, 5) is 23.4. The number of furan rings is 1. The minimum atomic E-state index is -0.298. The number of fused-ring (bicyclic) bond motifs is 2. The van der Waals surface area contributed by atoms with E-state index in [-0.39, 0.29) is 18.5 Å². The second-order valence-electron chi connectivity index (χ2n) is 6.16. The SMILES string of the molecule is O=C(COC(=O)C[C@@H]1C[C@@H]2CC[C@@H]1C2)NCc1ccco1. The van der Waals surface area contributed by atoms with Crippen molar-refractivity contribution in [2.24, 2.45) is 17.8 Å². The Bertz CT molecular complexity index is 496. The second-order valence-corrected chi connectivity index (χ2v) is 6.16. The standard InChI is InChI=1S/C16H21NO4/c18-15(17-9-14-2-1-5-20-14)10-21-16(19)8-13-7-11-3-4-12(13)6-11/h1-2,5,11-13H,3-4,6-10H2,(H,17,18)/t11-,12-,13+/m1/s1. The molecule has 2 saturated carbocycles. The lowest BCUT2D eigenvalue weighted by Gasteiger charge is -2.20. The maximum absolute atomic E-state index is 11.8. The Kier molecular flexibility index (Phi) is 4.27. The molecule has 0 unspecified atom stereocenters. The van der Waals surface area contributed by atoms with Gasteiger partial charge in [-0.15, -0.1) is 0 Å². The largest absolute Gasteiger partial charge is 0.467 e. The third kappa shape index (κ3) is 3.65. The van der Waals surface area contributed by atoms with E-state index in [0.717, 1.165) is 12.3 Å². The van der Waals surface area contributed by atoms with E-state index in [2.05, 4.69) is 5.32 Å². The van der Waals surface area contributed by atoms with Crippen molar-refractivity contribution in [1.82, 2.24) is 5.32 Å². The number of carbonyl (C=O) groups excluding carboxylic acids is 2. The molecule has 1 N–H and O–H groups in total. The molecule has 0 spiro atoms. The predicted molar refractivity (Wildman–Crippen MR) is 75.1 cm³/mol. The van der Waals surface area contributed by atoms with E-state index in [1.165, 1.54) is 19.3 Å². The van der Waals surface area contributed by atoms with E-state index in [4.69, 9.17) is 9.15 Å². The molecule has 1 amide bonds. The van der Waals surface area contributed by atoms with Crippen LogP contribution in [0.15, 0.2) is 22.8 Å². The fraction of sp³-hybridized carbons (Fsp3) is 0.625. The molecule has 5 heteroatoms. The number of ether oxygens (including phenoxy) is 1. The Balaban J connectivity index is 1.33. The highest BCUT2D eigenvalue weighted by Crippen LogP contribution is 2.49. The molecule has 21 heavy (non-hydrogen) atoms. The average Bonchev–Trinajstić information content (AvgIpc) is 3.20. The molecule has 114 valence electrons. The van der Waals surface area contributed by atoms with Crippen molar-refractivity contribution in [1.29, 1.82) is 0 Å². The molecule has 0 saturated heterocycles. The summed E-state index contributed by atoms with van der Waals surface area (Å²) in [5, 5.41) is 2.65. The van der Waals surface area contributed by atoms with E-state index in [1.807, 2.05) is 0 Å². The van der Waals surface area contributed by atoms with Crippen LogP contribution in [0.4, 0.5) is 0 Å². The first-order valence-corrected chi connectivity index (χ1v) is 7.65. The van der Waals surface area contributed by atoms with Gasteiger partial charge < -0.3 is 14.5 Å². The summed E-state index contributed by atoms with van der Waals surface area (Å²) in [6, 6.07) is 3.54. The van der Waals surface area contributed by atoms with Crippen LogP contribution in [0.2, 0.25) is 0 Å². The van der Waals surface area contributed by atoms with Crippen LogP contribution in [0.1, 0.15) is 37.9 Å². The summed E-state index contributed by atoms with van der Waals surface area (Å²) in [6.07, 6.45) is 7.03. The molecule has 3 rings (SSSR count). The van der Waals surface area contributed by atoms with Gasteiger partial charge in [0, 0.05) is 6.42 Å². The lowest BCUT2D eigenvalue weighted by atomic mass is 9.86. The highest BCUT2D eigenvalue weighted by Gasteiger charge is 2.40. The molecule has 2 bridgehead atoms. The van der Waals surface area contributed by atoms with Crippen LogP contribution in [0.5, 0.6) is 0 Å². The second kappa shape index (κ2) is 6.33. The summed E-state index contributed by atoms with van der Waals surface area (Å²) in [5.74, 6) is 2.13. The highest BCUT2D eigenvalue weighted by atomic mass is 16.5. The fourth-order valence-corrected chi connectivity index (χ4v) is 3.70. The van der Waals surface area contributed by atoms with E-state index in [0.29, 0.717) is 30.6 Å². The third-order valence-corrected chi connectivity index (χ3v) is 4.72. The molecule has 5 nitrogen and oxygen atoms in total. The van der Waals surface area contributed by atoms with E-state index in [9.17, 15) is 9.59 Å². The lowest BCUT2D eigenvalue weighted by molar-refractivity contribution is -0.149. The number of esters is 1. The molecular weight excluding hydrogens is 270 g/mol. The number of hydrogen-bond donors (Lipinski definition) is 1. The first-order valence-electron chi connectivity index (χ1n) is 7.65. The van der Waals surface area contributed by atoms with Gasteiger partial charge in [0.1, 0.15) is 5.76 Å². The first kappa shape index (κ1) is 14.2. The van der Waals surface area contributed by atoms with Crippen LogP contribution in [0.25, 0.3) is 0 Å². The third-order valence-electron chi connectivity index (χ3n) is 4.72. The summed E-state index contributed by atoms with van der Waals surface area (Å²) in [6.45, 7) is 0.107. The molecule has 2 fully saturated rings. The molecular formula is C16H21NO4. The molecule has 0 radical (unpaired) electrons. The van der Waals surface area contributed by atoms with Crippen molar-refractivity contribution in [3.63, 3.8) is 0 Å². The monoisotopic (exact) mass is 291 g/mol. The van der Waals surface area contributed by atoms with Crippen molar-refractivity contribution in [2.75, 3.05) is 6.61 Å². The number of hydrogen-bond acceptors (Lipinski definition) is 4. The molecule has 1 aromatic heterocycles. The topological polar surface area (TPSA) is 68.5 Å². The van der Waals surface area contributed by atoms with E-state index in [1.54, 1.807) is 18.4 Å². The zero-order valence-electron chi connectivity index (χ0n) is 12.0. The van der Waals surface area contributed by atoms with Gasteiger partial charge in [0.25, 0.3) is 5.91 Å². The summed E-state index contributed by atoms with van der Waals surface area (Å²) >= 11 is 0. The van der Waals surface area contributed by atoms with E-state index < -0.39 is 0 Å². The molecule has 0 aromatic carbocycles. The van der Waals surface area contributed by atoms with Crippen molar-refractivity contribution in [3.8, 4) is 0 Å². The van der Waals surface area contributed by atoms with Gasteiger partial charge in [-0.2, -0.15) is 0 Å². The van der Waals surface area contributed by atoms with Crippen LogP contribution < -0.4 is 5.32 Å². The normalized spacial score (nSPS) is 26.8. The zero-order valence-corrected chi connectivity index (χ0v) is 12.0. The average molecular weight is 291 g/mol. The smallest absolute Gasteiger partial charge is 0.306 e. The number of carbonyl (C=O) groups is 2. The summed E-state index contributed by atoms with van der Waals surface area (Å²) in [5.41, 5.74) is 0. The van der Waals surface area contributed by atoms with Crippen molar-refractivity contribution < 1.29 is 18.7 Å². The fourth-order valence-electron chi connectivity index (χ4n) is 3.70. The molecule has 2 aliphatic carbocycles. The predicted octanol–water partition coefficient (Wildman–Crippen LogP) is 2.27. The molecule has 1 heterocycles. The van der Waals surface area contributed by atoms with Gasteiger partial charge in [0.05, 0.1) is 12.8 Å². The van der Waals surface area contributed by atoms with Gasteiger partial charge in [-0.25, -0.2) is 0 Å². The number of amides is 1. The van der Waals surface area contributed by atoms with Crippen LogP contribution in [-0.4, -0.2) is 18.5 Å². The van der Waals surface area contributed by atoms with E-state index >= 15 is 0 Å². The van der Waals surface area contributed by atoms with Gasteiger partial charge in [-0.1, -0.05) is 6.42 Å². The summed E-state index contributed by atoms with van der Waals surface area (Å²) in [7, 11) is 0.